The molecule has 0 aliphatic carbocycles. The minimum atomic E-state index is -0.407. The lowest BCUT2D eigenvalue weighted by atomic mass is 10.1. The maximum Gasteiger partial charge on any atom is 0.274 e. The van der Waals surface area contributed by atoms with E-state index in [0.717, 1.165) is 6.42 Å². The molecule has 0 unspecified atom stereocenters. The largest absolute Gasteiger partial charge is 0.497 e. The highest BCUT2D eigenvalue weighted by molar-refractivity contribution is 6.06. The summed E-state index contributed by atoms with van der Waals surface area (Å²) in [5.41, 5.74) is 2.76. The van der Waals surface area contributed by atoms with E-state index in [9.17, 15) is 9.59 Å². The summed E-state index contributed by atoms with van der Waals surface area (Å²) in [5, 5.41) is 5.54. The lowest BCUT2D eigenvalue weighted by Gasteiger charge is -2.08. The van der Waals surface area contributed by atoms with Gasteiger partial charge >= 0.3 is 0 Å². The Morgan fingerprint density at radius 3 is 2.07 bits per heavy atom. The van der Waals surface area contributed by atoms with E-state index in [1.807, 2.05) is 24.3 Å². The minimum Gasteiger partial charge on any atom is -0.497 e. The Balaban J connectivity index is 1.71. The van der Waals surface area contributed by atoms with E-state index in [1.54, 1.807) is 49.6 Å². The fraction of sp³-hybridized carbons (Fsp3) is 0.136. The van der Waals surface area contributed by atoms with Crippen LogP contribution in [0.3, 0.4) is 0 Å². The summed E-state index contributed by atoms with van der Waals surface area (Å²) >= 11 is 0. The standard InChI is InChI=1S/C22H21N3O3/c1-3-15-10-12-16(13-11-15)23-21(26)19-8-5-9-20(25-19)22(27)24-17-6-4-7-18(14-17)28-2/h4-14H,3H2,1-2H3,(H,23,26)(H,24,27). The number of methoxy groups -OCH3 is 1. The number of amides is 2. The second-order valence-electron chi connectivity index (χ2n) is 6.10. The molecule has 6 heteroatoms. The maximum atomic E-state index is 12.5. The van der Waals surface area contributed by atoms with E-state index >= 15 is 0 Å². The van der Waals surface area contributed by atoms with Crippen molar-refractivity contribution in [2.75, 3.05) is 17.7 Å². The fourth-order valence-electron chi connectivity index (χ4n) is 2.60. The zero-order valence-electron chi connectivity index (χ0n) is 15.7. The average Bonchev–Trinajstić information content (AvgIpc) is 2.74. The van der Waals surface area contributed by atoms with Crippen LogP contribution in [0.2, 0.25) is 0 Å². The van der Waals surface area contributed by atoms with Gasteiger partial charge in [0, 0.05) is 17.4 Å². The Morgan fingerprint density at radius 2 is 1.46 bits per heavy atom. The molecule has 0 aliphatic heterocycles. The van der Waals surface area contributed by atoms with Gasteiger partial charge in [-0.05, 0) is 48.4 Å². The quantitative estimate of drug-likeness (QED) is 0.678. The van der Waals surface area contributed by atoms with Gasteiger partial charge in [0.15, 0.2) is 0 Å². The number of carbonyl (C=O) groups is 2. The number of rotatable bonds is 6. The van der Waals surface area contributed by atoms with Crippen LogP contribution in [0.4, 0.5) is 11.4 Å². The average molecular weight is 375 g/mol. The van der Waals surface area contributed by atoms with Crippen LogP contribution in [0.25, 0.3) is 0 Å². The van der Waals surface area contributed by atoms with E-state index in [2.05, 4.69) is 22.5 Å². The molecular weight excluding hydrogens is 354 g/mol. The van der Waals surface area contributed by atoms with E-state index < -0.39 is 5.91 Å². The van der Waals surface area contributed by atoms with Crippen molar-refractivity contribution in [2.45, 2.75) is 13.3 Å². The second kappa shape index (κ2) is 8.81. The molecule has 2 N–H and O–H groups in total. The number of nitrogens with one attached hydrogen (secondary N) is 2. The Morgan fingerprint density at radius 1 is 0.857 bits per heavy atom. The monoisotopic (exact) mass is 375 g/mol. The first-order chi connectivity index (χ1) is 13.6. The Labute approximate surface area is 163 Å². The third-order valence-corrected chi connectivity index (χ3v) is 4.16. The number of hydrogen-bond donors (Lipinski definition) is 2. The van der Waals surface area contributed by atoms with Gasteiger partial charge in [-0.1, -0.05) is 31.2 Å². The molecule has 1 heterocycles. The van der Waals surface area contributed by atoms with Crippen molar-refractivity contribution in [3.05, 3.63) is 83.7 Å². The fourth-order valence-corrected chi connectivity index (χ4v) is 2.60. The topological polar surface area (TPSA) is 80.3 Å². The first kappa shape index (κ1) is 19.1. The number of aryl methyl sites for hydroxylation is 1. The van der Waals surface area contributed by atoms with Gasteiger partial charge < -0.3 is 15.4 Å². The van der Waals surface area contributed by atoms with Crippen LogP contribution in [0.5, 0.6) is 5.75 Å². The predicted molar refractivity (Wildman–Crippen MR) is 109 cm³/mol. The highest BCUT2D eigenvalue weighted by atomic mass is 16.5. The summed E-state index contributed by atoms with van der Waals surface area (Å²) in [5.74, 6) is -0.150. The number of anilines is 2. The molecule has 3 aromatic rings. The Hall–Kier alpha value is -3.67. The Bertz CT molecular complexity index is 984. The molecule has 0 bridgehead atoms. The first-order valence-electron chi connectivity index (χ1n) is 8.92. The van der Waals surface area contributed by atoms with E-state index in [1.165, 1.54) is 5.56 Å². The molecule has 0 spiro atoms. The normalized spacial score (nSPS) is 10.2. The van der Waals surface area contributed by atoms with Crippen LogP contribution >= 0.6 is 0 Å². The van der Waals surface area contributed by atoms with Crippen molar-refractivity contribution in [3.63, 3.8) is 0 Å². The lowest BCUT2D eigenvalue weighted by Crippen LogP contribution is -2.18. The molecule has 6 nitrogen and oxygen atoms in total. The van der Waals surface area contributed by atoms with E-state index in [0.29, 0.717) is 17.1 Å². The smallest absolute Gasteiger partial charge is 0.274 e. The summed E-state index contributed by atoms with van der Waals surface area (Å²) in [6, 6.07) is 19.4. The summed E-state index contributed by atoms with van der Waals surface area (Å²) in [7, 11) is 1.56. The molecule has 142 valence electrons. The maximum absolute atomic E-state index is 12.5. The number of pyridine rings is 1. The van der Waals surface area contributed by atoms with Crippen LogP contribution in [0.1, 0.15) is 33.5 Å². The number of benzene rings is 2. The number of ether oxygens (including phenoxy) is 1. The van der Waals surface area contributed by atoms with Crippen LogP contribution in [0, 0.1) is 0 Å². The highest BCUT2D eigenvalue weighted by Crippen LogP contribution is 2.17. The van der Waals surface area contributed by atoms with Crippen molar-refractivity contribution < 1.29 is 14.3 Å². The molecular formula is C22H21N3O3. The molecule has 0 aliphatic rings. The summed E-state index contributed by atoms with van der Waals surface area (Å²) in [6.45, 7) is 2.07. The minimum absolute atomic E-state index is 0.150. The molecule has 1 aromatic heterocycles. The molecule has 0 saturated carbocycles. The van der Waals surface area contributed by atoms with Crippen molar-refractivity contribution >= 4 is 23.2 Å². The van der Waals surface area contributed by atoms with Crippen LogP contribution in [-0.4, -0.2) is 23.9 Å². The summed E-state index contributed by atoms with van der Waals surface area (Å²) < 4.78 is 5.14. The van der Waals surface area contributed by atoms with E-state index in [-0.39, 0.29) is 17.3 Å². The summed E-state index contributed by atoms with van der Waals surface area (Å²) in [6.07, 6.45) is 0.931. The zero-order valence-corrected chi connectivity index (χ0v) is 15.7. The number of carbonyl (C=O) groups excluding carboxylic acids is 2. The van der Waals surface area contributed by atoms with Crippen LogP contribution < -0.4 is 15.4 Å². The van der Waals surface area contributed by atoms with Crippen LogP contribution in [0.15, 0.2) is 66.7 Å². The molecule has 2 aromatic carbocycles. The Kier molecular flexibility index (Phi) is 6.01. The number of hydrogen-bond acceptors (Lipinski definition) is 4. The van der Waals surface area contributed by atoms with Gasteiger partial charge in [0.1, 0.15) is 17.1 Å². The summed E-state index contributed by atoms with van der Waals surface area (Å²) in [4.78, 5) is 29.1. The van der Waals surface area contributed by atoms with Gasteiger partial charge in [0.25, 0.3) is 11.8 Å². The third-order valence-electron chi connectivity index (χ3n) is 4.16. The van der Waals surface area contributed by atoms with Gasteiger partial charge in [-0.25, -0.2) is 4.98 Å². The third kappa shape index (κ3) is 4.73. The van der Waals surface area contributed by atoms with Crippen molar-refractivity contribution in [1.82, 2.24) is 4.98 Å². The molecule has 0 fully saturated rings. The van der Waals surface area contributed by atoms with Gasteiger partial charge in [-0.2, -0.15) is 0 Å². The molecule has 2 amide bonds. The van der Waals surface area contributed by atoms with E-state index in [4.69, 9.17) is 4.74 Å². The first-order valence-corrected chi connectivity index (χ1v) is 8.92. The lowest BCUT2D eigenvalue weighted by molar-refractivity contribution is 0.101. The van der Waals surface area contributed by atoms with Crippen molar-refractivity contribution in [1.29, 1.82) is 0 Å². The highest BCUT2D eigenvalue weighted by Gasteiger charge is 2.13. The van der Waals surface area contributed by atoms with Gasteiger partial charge in [-0.3, -0.25) is 9.59 Å². The molecule has 0 saturated heterocycles. The molecule has 0 radical (unpaired) electrons. The number of nitrogens with zero attached hydrogens (tertiary/aromatic N) is 1. The number of aromatic nitrogens is 1. The van der Waals surface area contributed by atoms with Gasteiger partial charge in [0.2, 0.25) is 0 Å². The predicted octanol–water partition coefficient (Wildman–Crippen LogP) is 4.16. The van der Waals surface area contributed by atoms with Crippen LogP contribution in [-0.2, 0) is 6.42 Å². The zero-order chi connectivity index (χ0) is 19.9. The van der Waals surface area contributed by atoms with Crippen molar-refractivity contribution in [2.24, 2.45) is 0 Å². The second-order valence-corrected chi connectivity index (χ2v) is 6.10. The molecule has 0 atom stereocenters. The molecule has 28 heavy (non-hydrogen) atoms. The molecule has 3 rings (SSSR count). The van der Waals surface area contributed by atoms with Gasteiger partial charge in [-0.15, -0.1) is 0 Å². The SMILES string of the molecule is CCc1ccc(NC(=O)c2cccc(C(=O)Nc3cccc(OC)c3)n2)cc1. The van der Waals surface area contributed by atoms with Crippen molar-refractivity contribution in [3.8, 4) is 5.75 Å². The van der Waals surface area contributed by atoms with Gasteiger partial charge in [0.05, 0.1) is 7.11 Å².